The zero-order valence-electron chi connectivity index (χ0n) is 11.4. The molecule has 104 valence electrons. The first kappa shape index (κ1) is 17.4. The van der Waals surface area contributed by atoms with Gasteiger partial charge in [-0.05, 0) is 42.3 Å². The summed E-state index contributed by atoms with van der Waals surface area (Å²) in [7, 11) is 0. The number of phenols is 1. The second-order valence-corrected chi connectivity index (χ2v) is 4.32. The lowest BCUT2D eigenvalue weighted by atomic mass is 10.2. The van der Waals surface area contributed by atoms with Crippen LogP contribution >= 0.6 is 0 Å². The van der Waals surface area contributed by atoms with Gasteiger partial charge in [-0.1, -0.05) is 49.7 Å². The molecule has 0 radical (unpaired) electrons. The number of hydrogen-bond donors (Lipinski definition) is 1. The van der Waals surface area contributed by atoms with Gasteiger partial charge in [-0.2, -0.15) is 0 Å². The van der Waals surface area contributed by atoms with E-state index in [4.69, 9.17) is 5.11 Å². The van der Waals surface area contributed by atoms with Crippen molar-refractivity contribution in [1.82, 2.24) is 0 Å². The van der Waals surface area contributed by atoms with E-state index < -0.39 is 11.1 Å². The van der Waals surface area contributed by atoms with Crippen LogP contribution in [-0.2, 0) is 11.1 Å². The summed E-state index contributed by atoms with van der Waals surface area (Å²) < 4.78 is 20.4. The van der Waals surface area contributed by atoms with Crippen LogP contribution in [0.5, 0.6) is 5.75 Å². The van der Waals surface area contributed by atoms with Gasteiger partial charge < -0.3 is 9.66 Å². The van der Waals surface area contributed by atoms with E-state index in [9.17, 15) is 8.76 Å². The van der Waals surface area contributed by atoms with E-state index in [1.54, 1.807) is 42.5 Å². The van der Waals surface area contributed by atoms with Crippen LogP contribution in [-0.4, -0.2) is 13.9 Å². The summed E-state index contributed by atoms with van der Waals surface area (Å²) in [5.41, 5.74) is 1.17. The van der Waals surface area contributed by atoms with Crippen molar-refractivity contribution in [3.63, 3.8) is 0 Å². The molecule has 0 saturated carbocycles. The fraction of sp³-hybridized carbons (Fsp3) is 0.200. The zero-order chi connectivity index (χ0) is 14.7. The summed E-state index contributed by atoms with van der Waals surface area (Å²) in [5.74, 6) is 0.329. The normalized spacial score (nSPS) is 10.3. The maximum atomic E-state index is 10.2. The Kier molecular flexibility index (Phi) is 9.40. The highest BCUT2D eigenvalue weighted by Crippen LogP contribution is 2.07. The average Bonchev–Trinajstić information content (AvgIpc) is 2.46. The van der Waals surface area contributed by atoms with Crippen molar-refractivity contribution in [3.05, 3.63) is 60.2 Å². The number of hydrogen-bond acceptors (Lipinski definition) is 3. The molecule has 2 aromatic rings. The lowest BCUT2D eigenvalue weighted by Crippen LogP contribution is -1.85. The van der Waals surface area contributed by atoms with Crippen molar-refractivity contribution in [2.24, 2.45) is 0 Å². The van der Waals surface area contributed by atoms with E-state index in [0.29, 0.717) is 10.6 Å². The Balaban J connectivity index is 0.000000303. The third kappa shape index (κ3) is 8.13. The highest BCUT2D eigenvalue weighted by atomic mass is 32.2. The molecular formula is C15H19O3S-. The van der Waals surface area contributed by atoms with Crippen molar-refractivity contribution in [1.29, 1.82) is 0 Å². The smallest absolute Gasteiger partial charge is 0.115 e. The summed E-state index contributed by atoms with van der Waals surface area (Å²) in [5, 5.41) is 8.76. The van der Waals surface area contributed by atoms with Crippen LogP contribution in [0, 0.1) is 6.92 Å². The van der Waals surface area contributed by atoms with E-state index in [1.807, 2.05) is 32.9 Å². The summed E-state index contributed by atoms with van der Waals surface area (Å²) in [4.78, 5) is 0.331. The molecule has 0 spiro atoms. The second kappa shape index (κ2) is 10.3. The third-order valence-corrected chi connectivity index (χ3v) is 2.63. The Morgan fingerprint density at radius 3 is 1.74 bits per heavy atom. The third-order valence-electron chi connectivity index (χ3n) is 1.97. The van der Waals surface area contributed by atoms with Crippen LogP contribution in [0.4, 0.5) is 0 Å². The minimum atomic E-state index is -2.08. The van der Waals surface area contributed by atoms with E-state index in [-0.39, 0.29) is 0 Å². The van der Waals surface area contributed by atoms with Gasteiger partial charge in [0.25, 0.3) is 0 Å². The molecular weight excluding hydrogens is 260 g/mol. The topological polar surface area (TPSA) is 60.4 Å². The van der Waals surface area contributed by atoms with Crippen molar-refractivity contribution in [2.45, 2.75) is 25.7 Å². The molecule has 1 unspecified atom stereocenters. The molecule has 0 amide bonds. The van der Waals surface area contributed by atoms with Crippen molar-refractivity contribution < 1.29 is 13.9 Å². The largest absolute Gasteiger partial charge is 0.768 e. The van der Waals surface area contributed by atoms with Gasteiger partial charge in [-0.3, -0.25) is 4.21 Å². The van der Waals surface area contributed by atoms with Gasteiger partial charge in [0.1, 0.15) is 5.75 Å². The fourth-order valence-corrected chi connectivity index (χ4v) is 1.46. The summed E-state index contributed by atoms with van der Waals surface area (Å²) >= 11 is -2.08. The van der Waals surface area contributed by atoms with Gasteiger partial charge in [-0.25, -0.2) is 0 Å². The fourth-order valence-electron chi connectivity index (χ4n) is 1.08. The molecule has 0 bridgehead atoms. The molecule has 0 heterocycles. The van der Waals surface area contributed by atoms with Crippen LogP contribution in [0.2, 0.25) is 0 Å². The molecule has 3 nitrogen and oxygen atoms in total. The molecule has 2 rings (SSSR count). The maximum Gasteiger partial charge on any atom is 0.115 e. The van der Waals surface area contributed by atoms with Gasteiger partial charge >= 0.3 is 0 Å². The number of rotatable bonds is 1. The Morgan fingerprint density at radius 1 is 0.947 bits per heavy atom. The molecule has 0 aromatic heterocycles. The maximum absolute atomic E-state index is 10.2. The minimum absolute atomic E-state index is 0.329. The summed E-state index contributed by atoms with van der Waals surface area (Å²) in [6, 6.07) is 15.3. The monoisotopic (exact) mass is 279 g/mol. The lowest BCUT2D eigenvalue weighted by molar-refractivity contribution is 0.475. The number of aromatic hydroxyl groups is 1. The van der Waals surface area contributed by atoms with E-state index >= 15 is 0 Å². The van der Waals surface area contributed by atoms with Gasteiger partial charge in [-0.15, -0.1) is 0 Å². The van der Waals surface area contributed by atoms with Gasteiger partial charge in [0.05, 0.1) is 0 Å². The summed E-state index contributed by atoms with van der Waals surface area (Å²) in [6.45, 7) is 5.99. The number of phenolic OH excluding ortho intramolecular Hbond substituents is 1. The predicted octanol–water partition coefficient (Wildman–Crippen LogP) is 3.65. The number of aryl methyl sites for hydroxylation is 1. The molecule has 0 aliphatic carbocycles. The van der Waals surface area contributed by atoms with E-state index in [0.717, 1.165) is 0 Å². The first-order valence-electron chi connectivity index (χ1n) is 5.99. The molecule has 4 heteroatoms. The first-order valence-corrected chi connectivity index (χ1v) is 7.07. The Hall–Kier alpha value is -1.65. The molecule has 0 aliphatic rings. The molecule has 2 aromatic carbocycles. The number of benzene rings is 2. The molecule has 0 aliphatic heterocycles. The first-order chi connectivity index (χ1) is 9.09. The SMILES string of the molecule is CC.Cc1ccc(O)cc1.O=S([O-])c1ccccc1. The summed E-state index contributed by atoms with van der Waals surface area (Å²) in [6.07, 6.45) is 0. The molecule has 1 N–H and O–H groups in total. The van der Waals surface area contributed by atoms with Crippen LogP contribution in [0.25, 0.3) is 0 Å². The zero-order valence-corrected chi connectivity index (χ0v) is 12.2. The average molecular weight is 279 g/mol. The van der Waals surface area contributed by atoms with Crippen LogP contribution < -0.4 is 0 Å². The standard InChI is InChI=1S/C7H8O.C6H6O2S.C2H6/c1-6-2-4-7(8)5-3-6;7-9(8)6-4-2-1-3-5-6;1-2/h2-5,8H,1H3;1-5H,(H,7,8);1-2H3/p-1. The van der Waals surface area contributed by atoms with E-state index in [1.165, 1.54) is 5.56 Å². The van der Waals surface area contributed by atoms with Crippen molar-refractivity contribution in [3.8, 4) is 5.75 Å². The van der Waals surface area contributed by atoms with E-state index in [2.05, 4.69) is 0 Å². The van der Waals surface area contributed by atoms with Gasteiger partial charge in [0.2, 0.25) is 0 Å². The molecule has 0 saturated heterocycles. The Morgan fingerprint density at radius 2 is 1.42 bits per heavy atom. The van der Waals surface area contributed by atoms with Crippen LogP contribution in [0.1, 0.15) is 19.4 Å². The highest BCUT2D eigenvalue weighted by Gasteiger charge is 1.84. The van der Waals surface area contributed by atoms with Crippen molar-refractivity contribution in [2.75, 3.05) is 0 Å². The van der Waals surface area contributed by atoms with Crippen LogP contribution in [0.3, 0.4) is 0 Å². The molecule has 0 fully saturated rings. The predicted molar refractivity (Wildman–Crippen MR) is 77.8 cm³/mol. The quantitative estimate of drug-likeness (QED) is 0.810. The lowest BCUT2D eigenvalue weighted by Gasteiger charge is -2.01. The van der Waals surface area contributed by atoms with Gasteiger partial charge in [0.15, 0.2) is 0 Å². The Labute approximate surface area is 117 Å². The van der Waals surface area contributed by atoms with Crippen molar-refractivity contribution >= 4 is 11.1 Å². The van der Waals surface area contributed by atoms with Crippen LogP contribution in [0.15, 0.2) is 59.5 Å². The highest BCUT2D eigenvalue weighted by molar-refractivity contribution is 7.79. The van der Waals surface area contributed by atoms with Gasteiger partial charge in [0, 0.05) is 4.90 Å². The Bertz CT molecular complexity index is 446. The molecule has 19 heavy (non-hydrogen) atoms. The second-order valence-electron chi connectivity index (χ2n) is 3.38. The minimum Gasteiger partial charge on any atom is -0.768 e. The molecule has 1 atom stereocenters.